The van der Waals surface area contributed by atoms with Crippen molar-refractivity contribution in [3.05, 3.63) is 71.8 Å². The Kier molecular flexibility index (Phi) is 5.40. The second kappa shape index (κ2) is 7.51. The van der Waals surface area contributed by atoms with E-state index in [2.05, 4.69) is 65.6 Å². The zero-order chi connectivity index (χ0) is 14.8. The summed E-state index contributed by atoms with van der Waals surface area (Å²) < 4.78 is 0. The van der Waals surface area contributed by atoms with Gasteiger partial charge in [-0.05, 0) is 35.8 Å². The van der Waals surface area contributed by atoms with E-state index in [1.807, 2.05) is 0 Å². The zero-order valence-corrected chi connectivity index (χ0v) is 14.4. The molecular weight excluding hydrogens is 302 g/mol. The van der Waals surface area contributed by atoms with E-state index in [1.54, 1.807) is 0 Å². The van der Waals surface area contributed by atoms with Crippen LogP contribution in [0.25, 0.3) is 0 Å². The van der Waals surface area contributed by atoms with Gasteiger partial charge >= 0.3 is 0 Å². The summed E-state index contributed by atoms with van der Waals surface area (Å²) in [7, 11) is 0. The Morgan fingerprint density at radius 3 is 1.57 bits per heavy atom. The third-order valence-corrected chi connectivity index (χ3v) is 5.49. The lowest BCUT2D eigenvalue weighted by Gasteiger charge is -2.23. The zero-order valence-electron chi connectivity index (χ0n) is 13.6. The first kappa shape index (κ1) is 16.5. The molecule has 1 nitrogen and oxygen atoms in total. The molecule has 2 aliphatic carbocycles. The molecule has 2 fully saturated rings. The van der Waals surface area contributed by atoms with Gasteiger partial charge in [-0.1, -0.05) is 73.5 Å². The molecule has 0 amide bonds. The average Bonchev–Trinajstić information content (AvgIpc) is 3.30. The second-order valence-electron chi connectivity index (χ2n) is 6.98. The number of fused-ring (bicyclic) bond motifs is 1. The van der Waals surface area contributed by atoms with Crippen LogP contribution in [0.2, 0.25) is 0 Å². The van der Waals surface area contributed by atoms with Gasteiger partial charge in [-0.2, -0.15) is 0 Å². The Bertz CT molecular complexity index is 544. The van der Waals surface area contributed by atoms with E-state index < -0.39 is 0 Å². The SMILES string of the molecule is Cl.c1ccc(CN(Cc2ccccc2)C2C3CCCCC32)cc1. The minimum atomic E-state index is 0. The molecule has 2 saturated carbocycles. The molecule has 2 aromatic carbocycles. The summed E-state index contributed by atoms with van der Waals surface area (Å²) in [5.74, 6) is 1.95. The maximum Gasteiger partial charge on any atom is 0.0240 e. The van der Waals surface area contributed by atoms with E-state index in [-0.39, 0.29) is 12.4 Å². The van der Waals surface area contributed by atoms with Gasteiger partial charge in [0.25, 0.3) is 0 Å². The molecule has 23 heavy (non-hydrogen) atoms. The van der Waals surface area contributed by atoms with Crippen molar-refractivity contribution in [3.63, 3.8) is 0 Å². The molecule has 0 aliphatic heterocycles. The highest BCUT2D eigenvalue weighted by Crippen LogP contribution is 2.53. The maximum absolute atomic E-state index is 2.74. The Morgan fingerprint density at radius 2 is 1.13 bits per heavy atom. The van der Waals surface area contributed by atoms with Crippen LogP contribution in [-0.2, 0) is 13.1 Å². The topological polar surface area (TPSA) is 3.24 Å². The first-order valence-electron chi connectivity index (χ1n) is 8.74. The van der Waals surface area contributed by atoms with Crippen molar-refractivity contribution in [1.29, 1.82) is 0 Å². The van der Waals surface area contributed by atoms with Crippen molar-refractivity contribution in [2.75, 3.05) is 0 Å². The highest BCUT2D eigenvalue weighted by atomic mass is 35.5. The fourth-order valence-electron chi connectivity index (χ4n) is 4.40. The van der Waals surface area contributed by atoms with Gasteiger partial charge in [0.05, 0.1) is 0 Å². The number of hydrogen-bond donors (Lipinski definition) is 0. The molecule has 0 radical (unpaired) electrons. The summed E-state index contributed by atoms with van der Waals surface area (Å²) >= 11 is 0. The van der Waals surface area contributed by atoms with Crippen molar-refractivity contribution in [2.45, 2.75) is 44.8 Å². The van der Waals surface area contributed by atoms with Crippen molar-refractivity contribution in [1.82, 2.24) is 4.90 Å². The molecule has 0 saturated heterocycles. The van der Waals surface area contributed by atoms with Crippen LogP contribution in [0, 0.1) is 11.8 Å². The van der Waals surface area contributed by atoms with Crippen molar-refractivity contribution in [2.24, 2.45) is 11.8 Å². The molecule has 2 unspecified atom stereocenters. The van der Waals surface area contributed by atoms with Gasteiger partial charge in [0.15, 0.2) is 0 Å². The normalized spacial score (nSPS) is 25.5. The molecule has 0 aromatic heterocycles. The van der Waals surface area contributed by atoms with Gasteiger partial charge < -0.3 is 0 Å². The third-order valence-electron chi connectivity index (χ3n) is 5.49. The van der Waals surface area contributed by atoms with Crippen LogP contribution in [0.4, 0.5) is 0 Å². The van der Waals surface area contributed by atoms with Gasteiger partial charge in [-0.3, -0.25) is 4.90 Å². The molecule has 2 aromatic rings. The summed E-state index contributed by atoms with van der Waals surface area (Å²) in [5.41, 5.74) is 2.89. The second-order valence-corrected chi connectivity index (χ2v) is 6.98. The van der Waals surface area contributed by atoms with Gasteiger partial charge in [0, 0.05) is 19.1 Å². The molecule has 2 atom stereocenters. The van der Waals surface area contributed by atoms with E-state index in [0.29, 0.717) is 0 Å². The maximum atomic E-state index is 2.74. The fourth-order valence-corrected chi connectivity index (χ4v) is 4.40. The van der Waals surface area contributed by atoms with E-state index in [4.69, 9.17) is 0 Å². The third kappa shape index (κ3) is 3.79. The lowest BCUT2D eigenvalue weighted by molar-refractivity contribution is 0.226. The Morgan fingerprint density at radius 1 is 0.696 bits per heavy atom. The number of rotatable bonds is 5. The lowest BCUT2D eigenvalue weighted by Crippen LogP contribution is -2.27. The van der Waals surface area contributed by atoms with E-state index >= 15 is 0 Å². The molecule has 0 heterocycles. The standard InChI is InChI=1S/C21H25N.ClH/c1-3-9-17(10-4-1)15-22(16-18-11-5-2-6-12-18)21-19-13-7-8-14-20(19)21;/h1-6,9-12,19-21H,7-8,13-16H2;1H. The predicted molar refractivity (Wildman–Crippen MR) is 98.6 cm³/mol. The fraction of sp³-hybridized carbons (Fsp3) is 0.429. The monoisotopic (exact) mass is 327 g/mol. The molecule has 0 bridgehead atoms. The van der Waals surface area contributed by atoms with Crippen molar-refractivity contribution >= 4 is 12.4 Å². The number of benzene rings is 2. The number of nitrogens with zero attached hydrogens (tertiary/aromatic N) is 1. The molecule has 0 N–H and O–H groups in total. The van der Waals surface area contributed by atoms with Gasteiger partial charge in [-0.15, -0.1) is 12.4 Å². The summed E-state index contributed by atoms with van der Waals surface area (Å²) in [5, 5.41) is 0. The lowest BCUT2D eigenvalue weighted by atomic mass is 10.0. The minimum Gasteiger partial charge on any atom is -0.291 e. The van der Waals surface area contributed by atoms with Crippen molar-refractivity contribution < 1.29 is 0 Å². The van der Waals surface area contributed by atoms with Crippen LogP contribution < -0.4 is 0 Å². The van der Waals surface area contributed by atoms with Crippen LogP contribution in [-0.4, -0.2) is 10.9 Å². The molecule has 2 aliphatic rings. The molecule has 0 spiro atoms. The van der Waals surface area contributed by atoms with Crippen LogP contribution in [0.5, 0.6) is 0 Å². The average molecular weight is 328 g/mol. The molecule has 4 rings (SSSR count). The Hall–Kier alpha value is -1.31. The van der Waals surface area contributed by atoms with Gasteiger partial charge in [-0.25, -0.2) is 0 Å². The van der Waals surface area contributed by atoms with Crippen LogP contribution in [0.1, 0.15) is 36.8 Å². The molecule has 122 valence electrons. The summed E-state index contributed by atoms with van der Waals surface area (Å²) in [6, 6.07) is 22.8. The summed E-state index contributed by atoms with van der Waals surface area (Å²) in [4.78, 5) is 2.74. The molecular formula is C21H26ClN. The predicted octanol–water partition coefficient (Wildman–Crippen LogP) is 5.30. The van der Waals surface area contributed by atoms with Gasteiger partial charge in [0.1, 0.15) is 0 Å². The van der Waals surface area contributed by atoms with E-state index in [1.165, 1.54) is 36.8 Å². The highest BCUT2D eigenvalue weighted by molar-refractivity contribution is 5.85. The summed E-state index contributed by atoms with van der Waals surface area (Å²) in [6.45, 7) is 2.18. The first-order valence-corrected chi connectivity index (χ1v) is 8.74. The van der Waals surface area contributed by atoms with E-state index in [0.717, 1.165) is 31.0 Å². The van der Waals surface area contributed by atoms with Crippen LogP contribution >= 0.6 is 12.4 Å². The quantitative estimate of drug-likeness (QED) is 0.720. The molecule has 2 heteroatoms. The number of hydrogen-bond acceptors (Lipinski definition) is 1. The summed E-state index contributed by atoms with van der Waals surface area (Å²) in [6.07, 6.45) is 5.80. The Labute approximate surface area is 146 Å². The van der Waals surface area contributed by atoms with Crippen LogP contribution in [0.15, 0.2) is 60.7 Å². The number of halogens is 1. The van der Waals surface area contributed by atoms with E-state index in [9.17, 15) is 0 Å². The minimum absolute atomic E-state index is 0. The highest BCUT2D eigenvalue weighted by Gasteiger charge is 2.53. The Balaban J connectivity index is 0.00000156. The smallest absolute Gasteiger partial charge is 0.0240 e. The first-order chi connectivity index (χ1) is 10.9. The van der Waals surface area contributed by atoms with Crippen molar-refractivity contribution in [3.8, 4) is 0 Å². The van der Waals surface area contributed by atoms with Gasteiger partial charge in [0.2, 0.25) is 0 Å². The van der Waals surface area contributed by atoms with Crippen LogP contribution in [0.3, 0.4) is 0 Å². The largest absolute Gasteiger partial charge is 0.291 e.